The molecule has 0 saturated heterocycles. The second kappa shape index (κ2) is 12.0. The van der Waals surface area contributed by atoms with Crippen LogP contribution in [0.5, 0.6) is 0 Å². The summed E-state index contributed by atoms with van der Waals surface area (Å²) in [6.07, 6.45) is 5.84. The molecule has 0 atom stereocenters. The largest absolute Gasteiger partial charge is 0.354 e. The van der Waals surface area contributed by atoms with Crippen molar-refractivity contribution in [1.82, 2.24) is 10.6 Å². The highest BCUT2D eigenvalue weighted by molar-refractivity contribution is 5.77. The Bertz CT molecular complexity index is 271. The van der Waals surface area contributed by atoms with Crippen LogP contribution in [0.25, 0.3) is 0 Å². The topological polar surface area (TPSA) is 58.2 Å². The number of amides is 2. The molecule has 0 aliphatic heterocycles. The van der Waals surface area contributed by atoms with Gasteiger partial charge in [-0.25, -0.2) is 0 Å². The summed E-state index contributed by atoms with van der Waals surface area (Å²) in [5, 5.41) is 5.61. The van der Waals surface area contributed by atoms with Crippen molar-refractivity contribution in [3.05, 3.63) is 0 Å². The van der Waals surface area contributed by atoms with E-state index >= 15 is 0 Å². The normalized spacial score (nSPS) is 11.2. The van der Waals surface area contributed by atoms with Gasteiger partial charge in [0.1, 0.15) is 0 Å². The summed E-state index contributed by atoms with van der Waals surface area (Å²) < 4.78 is 7.01. The highest BCUT2D eigenvalue weighted by Gasteiger charge is 2.03. The lowest BCUT2D eigenvalue weighted by atomic mass is 10.1. The Hall–Kier alpha value is -1.06. The van der Waals surface area contributed by atoms with Gasteiger partial charge in [-0.15, -0.1) is 0 Å². The molecule has 0 heterocycles. The van der Waals surface area contributed by atoms with Gasteiger partial charge in [-0.3, -0.25) is 9.59 Å². The smallest absolute Gasteiger partial charge is 0.220 e. The molecule has 0 radical (unpaired) electrons. The van der Waals surface area contributed by atoms with Gasteiger partial charge in [-0.05, 0) is 18.8 Å². The predicted molar refractivity (Wildman–Crippen MR) is 78.9 cm³/mol. The summed E-state index contributed by atoms with van der Waals surface area (Å²) in [6.45, 7) is 5.66. The Labute approximate surface area is 119 Å². The molecular formula is C15H30N2O2. The van der Waals surface area contributed by atoms with Crippen LogP contribution in [-0.2, 0) is 9.59 Å². The third kappa shape index (κ3) is 13.2. The van der Waals surface area contributed by atoms with E-state index in [1.54, 1.807) is 0 Å². The summed E-state index contributed by atoms with van der Waals surface area (Å²) in [5.41, 5.74) is 0. The van der Waals surface area contributed by atoms with Gasteiger partial charge in [0.25, 0.3) is 0 Å². The molecule has 0 aliphatic rings. The predicted octanol–water partition coefficient (Wildman–Crippen LogP) is 2.63. The van der Waals surface area contributed by atoms with Gasteiger partial charge in [0.05, 0.1) is 0 Å². The zero-order chi connectivity index (χ0) is 15.2. The minimum absolute atomic E-state index is 0.0484. The first-order chi connectivity index (χ1) is 9.56. The fourth-order valence-corrected chi connectivity index (χ4v) is 1.64. The summed E-state index contributed by atoms with van der Waals surface area (Å²) >= 11 is 0. The first-order valence-corrected chi connectivity index (χ1v) is 7.39. The van der Waals surface area contributed by atoms with Crippen LogP contribution in [0.4, 0.5) is 0 Å². The molecule has 0 aliphatic carbocycles. The second-order valence-corrected chi connectivity index (χ2v) is 5.30. The Morgan fingerprint density at radius 1 is 1.00 bits per heavy atom. The number of nitrogens with one attached hydrogen (secondary N) is 2. The average Bonchev–Trinajstić information content (AvgIpc) is 2.41. The van der Waals surface area contributed by atoms with Gasteiger partial charge in [0.2, 0.25) is 11.8 Å². The van der Waals surface area contributed by atoms with Gasteiger partial charge >= 0.3 is 0 Å². The molecule has 0 saturated carbocycles. The van der Waals surface area contributed by atoms with Crippen molar-refractivity contribution in [1.29, 1.82) is 0 Å². The van der Waals surface area contributed by atoms with Crippen LogP contribution in [0.15, 0.2) is 0 Å². The monoisotopic (exact) mass is 272 g/mol. The van der Waals surface area contributed by atoms with Gasteiger partial charge in [-0.2, -0.15) is 0 Å². The van der Waals surface area contributed by atoms with Crippen molar-refractivity contribution in [2.24, 2.45) is 5.92 Å². The summed E-state index contributed by atoms with van der Waals surface area (Å²) in [6, 6.07) is 0. The van der Waals surface area contributed by atoms with Crippen molar-refractivity contribution >= 4 is 11.8 Å². The Morgan fingerprint density at radius 3 is 2.21 bits per heavy atom. The van der Waals surface area contributed by atoms with Crippen LogP contribution in [-0.4, -0.2) is 24.9 Å². The van der Waals surface area contributed by atoms with Gasteiger partial charge in [-0.1, -0.05) is 40.0 Å². The van der Waals surface area contributed by atoms with Gasteiger partial charge in [0.15, 0.2) is 0 Å². The molecule has 0 aromatic carbocycles. The lowest BCUT2D eigenvalue weighted by molar-refractivity contribution is -0.123. The number of unbranched alkanes of at least 4 members (excludes halogenated alkanes) is 3. The van der Waals surface area contributed by atoms with Crippen molar-refractivity contribution in [2.75, 3.05) is 13.1 Å². The number of carbonyl (C=O) groups excluding carboxylic acids is 2. The fourth-order valence-electron chi connectivity index (χ4n) is 1.64. The minimum atomic E-state index is 0.0484. The van der Waals surface area contributed by atoms with Crippen molar-refractivity contribution < 1.29 is 11.0 Å². The van der Waals surface area contributed by atoms with Gasteiger partial charge < -0.3 is 10.6 Å². The molecule has 0 unspecified atom stereocenters. The van der Waals surface area contributed by atoms with Crippen LogP contribution < -0.4 is 10.6 Å². The zero-order valence-electron chi connectivity index (χ0n) is 13.5. The number of carbonyl (C=O) groups is 2. The Morgan fingerprint density at radius 2 is 1.63 bits per heavy atom. The molecule has 19 heavy (non-hydrogen) atoms. The number of hydrogen-bond acceptors (Lipinski definition) is 2. The number of rotatable bonds is 11. The molecule has 0 rings (SSSR count). The zero-order valence-corrected chi connectivity index (χ0v) is 12.5. The molecule has 0 fully saturated rings. The van der Waals surface area contributed by atoms with Crippen molar-refractivity contribution in [3.63, 3.8) is 0 Å². The van der Waals surface area contributed by atoms with E-state index < -0.39 is 0 Å². The average molecular weight is 272 g/mol. The first-order valence-electron chi connectivity index (χ1n) is 8.09. The molecule has 0 spiro atoms. The highest BCUT2D eigenvalue weighted by Crippen LogP contribution is 2.02. The van der Waals surface area contributed by atoms with Crippen molar-refractivity contribution in [3.8, 4) is 0 Å². The van der Waals surface area contributed by atoms with E-state index in [0.717, 1.165) is 32.1 Å². The van der Waals surface area contributed by atoms with E-state index in [0.29, 0.717) is 38.7 Å². The van der Waals surface area contributed by atoms with Crippen LogP contribution >= 0.6 is 0 Å². The molecule has 0 bridgehead atoms. The molecular weight excluding hydrogens is 240 g/mol. The van der Waals surface area contributed by atoms with Crippen LogP contribution in [0.3, 0.4) is 0 Å². The van der Waals surface area contributed by atoms with Crippen LogP contribution in [0.2, 0.25) is 0 Å². The third-order valence-corrected chi connectivity index (χ3v) is 2.87. The Kier molecular flexibility index (Phi) is 10.1. The van der Waals surface area contributed by atoms with E-state index in [2.05, 4.69) is 24.5 Å². The maximum atomic E-state index is 11.5. The molecule has 4 heteroatoms. The fraction of sp³-hybridized carbons (Fsp3) is 0.867. The summed E-state index contributed by atoms with van der Waals surface area (Å²) in [7, 11) is 0. The van der Waals surface area contributed by atoms with Crippen molar-refractivity contribution in [2.45, 2.75) is 65.7 Å². The first kappa shape index (κ1) is 16.0. The maximum absolute atomic E-state index is 11.5. The van der Waals surface area contributed by atoms with Crippen LogP contribution in [0.1, 0.15) is 67.1 Å². The lowest BCUT2D eigenvalue weighted by Crippen LogP contribution is -2.34. The van der Waals surface area contributed by atoms with E-state index in [4.69, 9.17) is 1.37 Å². The highest BCUT2D eigenvalue weighted by atomic mass is 16.2. The standard InChI is InChI=1S/C15H30N2O2/c1-4-5-6-7-8-14(18)16-11-12-17-15(19)10-9-13(2)3/h13H,4-12H2,1-3H3,(H,16,18)(H,17,19)/i1T. The second-order valence-electron chi connectivity index (χ2n) is 5.30. The van der Waals surface area contributed by atoms with Crippen LogP contribution in [0, 0.1) is 5.92 Å². The number of hydrogen-bond donors (Lipinski definition) is 2. The summed E-state index contributed by atoms with van der Waals surface area (Å²) in [5.74, 6) is 0.645. The molecule has 0 aromatic rings. The van der Waals surface area contributed by atoms with E-state index in [9.17, 15) is 9.59 Å². The molecule has 2 N–H and O–H groups in total. The molecule has 2 amide bonds. The SMILES string of the molecule is [3H]CCCCCCC(=O)NCCNC(=O)CCC(C)C. The Balaban J connectivity index is 3.36. The van der Waals surface area contributed by atoms with E-state index in [1.165, 1.54) is 0 Å². The third-order valence-electron chi connectivity index (χ3n) is 2.87. The maximum Gasteiger partial charge on any atom is 0.220 e. The molecule has 112 valence electrons. The molecule has 4 nitrogen and oxygen atoms in total. The molecule has 0 aromatic heterocycles. The minimum Gasteiger partial charge on any atom is -0.354 e. The van der Waals surface area contributed by atoms with Gasteiger partial charge in [0, 0.05) is 27.3 Å². The van der Waals surface area contributed by atoms with E-state index in [1.807, 2.05) is 0 Å². The summed E-state index contributed by atoms with van der Waals surface area (Å²) in [4.78, 5) is 22.9. The lowest BCUT2D eigenvalue weighted by Gasteiger charge is -2.08. The quantitative estimate of drug-likeness (QED) is 0.568. The van der Waals surface area contributed by atoms with E-state index in [-0.39, 0.29) is 11.8 Å².